The molecule has 2 N–H and O–H groups in total. The number of aliphatic carboxylic acids is 1. The molecule has 2 aromatic carbocycles. The SMILES string of the molecule is CC(C)(C)OC(=O)N[C@H](Cc1ccc(Oc2ccc([N+](=O)[O-])cc2)cc1)C(=O)O. The highest BCUT2D eigenvalue weighted by atomic mass is 16.6. The Labute approximate surface area is 167 Å². The minimum absolute atomic E-state index is 0.0371. The fraction of sp³-hybridized carbons (Fsp3) is 0.300. The fourth-order valence-corrected chi connectivity index (χ4v) is 2.35. The number of carbonyl (C=O) groups excluding carboxylic acids is 1. The summed E-state index contributed by atoms with van der Waals surface area (Å²) in [6.07, 6.45) is -0.741. The number of alkyl carbamates (subject to hydrolysis) is 1. The molecule has 0 aromatic heterocycles. The molecule has 0 radical (unpaired) electrons. The smallest absolute Gasteiger partial charge is 0.408 e. The van der Waals surface area contributed by atoms with Crippen LogP contribution in [0, 0.1) is 10.1 Å². The molecule has 0 aliphatic rings. The number of non-ortho nitro benzene ring substituents is 1. The van der Waals surface area contributed by atoms with E-state index in [1.165, 1.54) is 24.3 Å². The van der Waals surface area contributed by atoms with Crippen LogP contribution >= 0.6 is 0 Å². The van der Waals surface area contributed by atoms with Crippen LogP contribution in [-0.4, -0.2) is 33.7 Å². The van der Waals surface area contributed by atoms with Gasteiger partial charge >= 0.3 is 12.1 Å². The number of hydrogen-bond acceptors (Lipinski definition) is 6. The van der Waals surface area contributed by atoms with E-state index in [0.29, 0.717) is 17.1 Å². The van der Waals surface area contributed by atoms with E-state index in [4.69, 9.17) is 9.47 Å². The molecule has 1 atom stereocenters. The molecule has 0 heterocycles. The summed E-state index contributed by atoms with van der Waals surface area (Å²) in [5.41, 5.74) is -0.0984. The number of nitro groups is 1. The molecule has 0 bridgehead atoms. The first-order valence-corrected chi connectivity index (χ1v) is 8.77. The van der Waals surface area contributed by atoms with Crippen LogP contribution in [0.5, 0.6) is 11.5 Å². The molecule has 0 aliphatic heterocycles. The Kier molecular flexibility index (Phi) is 6.76. The number of amides is 1. The Morgan fingerprint density at radius 1 is 1.07 bits per heavy atom. The van der Waals surface area contributed by atoms with E-state index in [1.54, 1.807) is 45.0 Å². The van der Waals surface area contributed by atoms with Crippen molar-refractivity contribution in [3.63, 3.8) is 0 Å². The molecule has 0 spiro atoms. The first-order valence-electron chi connectivity index (χ1n) is 8.77. The molecule has 0 unspecified atom stereocenters. The van der Waals surface area contributed by atoms with Gasteiger partial charge in [0, 0.05) is 18.6 Å². The molecule has 154 valence electrons. The Balaban J connectivity index is 1.99. The number of ether oxygens (including phenoxy) is 2. The van der Waals surface area contributed by atoms with Gasteiger partial charge in [-0.15, -0.1) is 0 Å². The van der Waals surface area contributed by atoms with Crippen LogP contribution in [0.3, 0.4) is 0 Å². The molecular formula is C20H22N2O7. The Morgan fingerprint density at radius 3 is 2.03 bits per heavy atom. The quantitative estimate of drug-likeness (QED) is 0.531. The Bertz CT molecular complexity index is 871. The maximum Gasteiger partial charge on any atom is 0.408 e. The number of nitro benzene ring substituents is 1. The van der Waals surface area contributed by atoms with Crippen LogP contribution in [0.25, 0.3) is 0 Å². The van der Waals surface area contributed by atoms with Crippen molar-refractivity contribution in [1.82, 2.24) is 5.32 Å². The highest BCUT2D eigenvalue weighted by Gasteiger charge is 2.24. The van der Waals surface area contributed by atoms with Crippen molar-refractivity contribution in [2.75, 3.05) is 0 Å². The van der Waals surface area contributed by atoms with Crippen molar-refractivity contribution in [3.05, 3.63) is 64.2 Å². The van der Waals surface area contributed by atoms with Crippen molar-refractivity contribution in [2.45, 2.75) is 38.8 Å². The van der Waals surface area contributed by atoms with Gasteiger partial charge in [-0.2, -0.15) is 0 Å². The lowest BCUT2D eigenvalue weighted by molar-refractivity contribution is -0.384. The van der Waals surface area contributed by atoms with Crippen molar-refractivity contribution in [3.8, 4) is 11.5 Å². The van der Waals surface area contributed by atoms with Crippen molar-refractivity contribution in [1.29, 1.82) is 0 Å². The van der Waals surface area contributed by atoms with Crippen LogP contribution in [0.4, 0.5) is 10.5 Å². The van der Waals surface area contributed by atoms with Crippen LogP contribution in [0.1, 0.15) is 26.3 Å². The van der Waals surface area contributed by atoms with Crippen LogP contribution in [0.2, 0.25) is 0 Å². The first kappa shape index (κ1) is 21.7. The number of hydrogen-bond donors (Lipinski definition) is 2. The summed E-state index contributed by atoms with van der Waals surface area (Å²) in [5.74, 6) is -0.269. The van der Waals surface area contributed by atoms with Crippen LogP contribution in [0.15, 0.2) is 48.5 Å². The molecule has 0 saturated heterocycles. The molecule has 0 fully saturated rings. The van der Waals surface area contributed by atoms with E-state index >= 15 is 0 Å². The second kappa shape index (κ2) is 9.05. The maximum absolute atomic E-state index is 11.8. The number of nitrogens with one attached hydrogen (secondary N) is 1. The summed E-state index contributed by atoms with van der Waals surface area (Å²) in [6, 6.07) is 11.1. The minimum Gasteiger partial charge on any atom is -0.480 e. The predicted octanol–water partition coefficient (Wildman–Crippen LogP) is 3.91. The van der Waals surface area contributed by atoms with Gasteiger partial charge in [0.05, 0.1) is 4.92 Å². The number of rotatable bonds is 7. The molecule has 9 nitrogen and oxygen atoms in total. The molecule has 2 aromatic rings. The maximum atomic E-state index is 11.8. The average molecular weight is 402 g/mol. The predicted molar refractivity (Wildman–Crippen MR) is 104 cm³/mol. The molecule has 29 heavy (non-hydrogen) atoms. The third-order valence-electron chi connectivity index (χ3n) is 3.64. The summed E-state index contributed by atoms with van der Waals surface area (Å²) in [5, 5.41) is 22.4. The standard InChI is InChI=1S/C20H22N2O7/c1-20(2,3)29-19(25)21-17(18(23)24)12-13-4-8-15(9-5-13)28-16-10-6-14(7-11-16)22(26)27/h4-11,17H,12H2,1-3H3,(H,21,25)(H,23,24)/t17-/m1/s1. The molecule has 0 aliphatic carbocycles. The zero-order valence-electron chi connectivity index (χ0n) is 16.2. The molecule has 1 amide bonds. The zero-order valence-corrected chi connectivity index (χ0v) is 16.2. The fourth-order valence-electron chi connectivity index (χ4n) is 2.35. The summed E-state index contributed by atoms with van der Waals surface area (Å²) < 4.78 is 10.7. The van der Waals surface area contributed by atoms with E-state index in [1.807, 2.05) is 0 Å². The van der Waals surface area contributed by atoms with E-state index < -0.39 is 28.6 Å². The van der Waals surface area contributed by atoms with Crippen LogP contribution < -0.4 is 10.1 Å². The lowest BCUT2D eigenvalue weighted by atomic mass is 10.1. The first-order chi connectivity index (χ1) is 13.5. The molecule has 0 saturated carbocycles. The second-order valence-electron chi connectivity index (χ2n) is 7.24. The molecule has 2 rings (SSSR count). The van der Waals surface area contributed by atoms with Gasteiger partial charge in [0.2, 0.25) is 0 Å². The number of benzene rings is 2. The number of carbonyl (C=O) groups is 2. The van der Waals surface area contributed by atoms with Gasteiger partial charge in [0.15, 0.2) is 0 Å². The second-order valence-corrected chi connectivity index (χ2v) is 7.24. The van der Waals surface area contributed by atoms with Gasteiger partial charge in [0.1, 0.15) is 23.1 Å². The molecular weight excluding hydrogens is 380 g/mol. The third-order valence-corrected chi connectivity index (χ3v) is 3.64. The lowest BCUT2D eigenvalue weighted by Gasteiger charge is -2.22. The van der Waals surface area contributed by atoms with Crippen molar-refractivity contribution < 1.29 is 29.1 Å². The van der Waals surface area contributed by atoms with Gasteiger partial charge in [-0.3, -0.25) is 10.1 Å². The summed E-state index contributed by atoms with van der Waals surface area (Å²) in [7, 11) is 0. The van der Waals surface area contributed by atoms with Crippen molar-refractivity contribution >= 4 is 17.7 Å². The van der Waals surface area contributed by atoms with E-state index in [-0.39, 0.29) is 12.1 Å². The van der Waals surface area contributed by atoms with Crippen molar-refractivity contribution in [2.24, 2.45) is 0 Å². The largest absolute Gasteiger partial charge is 0.480 e. The summed E-state index contributed by atoms with van der Waals surface area (Å²) in [4.78, 5) is 33.4. The number of nitrogens with zero attached hydrogens (tertiary/aromatic N) is 1. The molecule has 9 heteroatoms. The van der Waals surface area contributed by atoms with Gasteiger partial charge in [0.25, 0.3) is 5.69 Å². The minimum atomic E-state index is -1.18. The van der Waals surface area contributed by atoms with Gasteiger partial charge in [-0.05, 0) is 50.6 Å². The normalized spacial score (nSPS) is 12.0. The highest BCUT2D eigenvalue weighted by Crippen LogP contribution is 2.24. The monoisotopic (exact) mass is 402 g/mol. The summed E-state index contributed by atoms with van der Waals surface area (Å²) >= 11 is 0. The Morgan fingerprint density at radius 2 is 1.59 bits per heavy atom. The topological polar surface area (TPSA) is 128 Å². The van der Waals surface area contributed by atoms with E-state index in [0.717, 1.165) is 0 Å². The lowest BCUT2D eigenvalue weighted by Crippen LogP contribution is -2.44. The number of carboxylic acid groups (broad SMARTS) is 1. The Hall–Kier alpha value is -3.62. The van der Waals surface area contributed by atoms with Gasteiger partial charge in [-0.1, -0.05) is 12.1 Å². The number of carboxylic acids is 1. The van der Waals surface area contributed by atoms with Gasteiger partial charge in [-0.25, -0.2) is 9.59 Å². The third kappa shape index (κ3) is 7.13. The van der Waals surface area contributed by atoms with E-state index in [9.17, 15) is 24.8 Å². The zero-order chi connectivity index (χ0) is 21.6. The summed E-state index contributed by atoms with van der Waals surface area (Å²) in [6.45, 7) is 5.06. The van der Waals surface area contributed by atoms with E-state index in [2.05, 4.69) is 5.32 Å². The average Bonchev–Trinajstić information content (AvgIpc) is 2.61. The van der Waals surface area contributed by atoms with Crippen LogP contribution in [-0.2, 0) is 16.0 Å². The van der Waals surface area contributed by atoms with Gasteiger partial charge < -0.3 is 19.9 Å². The highest BCUT2D eigenvalue weighted by molar-refractivity contribution is 5.80.